The van der Waals surface area contributed by atoms with E-state index in [9.17, 15) is 9.90 Å². The highest BCUT2D eigenvalue weighted by molar-refractivity contribution is 9.10. The molecule has 1 aromatic carbocycles. The first-order valence-electron chi connectivity index (χ1n) is 7.35. The molecule has 0 aromatic heterocycles. The molecular weight excluding hydrogens is 350 g/mol. The van der Waals surface area contributed by atoms with E-state index in [2.05, 4.69) is 33.4 Å². The summed E-state index contributed by atoms with van der Waals surface area (Å²) in [6, 6.07) is 8.25. The maximum atomic E-state index is 11.4. The van der Waals surface area contributed by atoms with E-state index in [0.29, 0.717) is 6.42 Å². The first-order chi connectivity index (χ1) is 9.98. The summed E-state index contributed by atoms with van der Waals surface area (Å²) in [5.74, 6) is 0.260. The molecule has 0 bridgehead atoms. The molecule has 21 heavy (non-hydrogen) atoms. The second-order valence-electron chi connectivity index (χ2n) is 5.33. The van der Waals surface area contributed by atoms with Crippen LogP contribution in [-0.4, -0.2) is 28.9 Å². The number of rotatable bonds is 10. The van der Waals surface area contributed by atoms with Gasteiger partial charge >= 0.3 is 5.97 Å². The Balaban J connectivity index is 2.30. The molecule has 0 aliphatic rings. The Morgan fingerprint density at radius 1 is 1.43 bits per heavy atom. The Morgan fingerprint density at radius 2 is 2.19 bits per heavy atom. The van der Waals surface area contributed by atoms with Crippen LogP contribution in [0, 0.1) is 0 Å². The van der Waals surface area contributed by atoms with Crippen molar-refractivity contribution in [1.29, 1.82) is 0 Å². The van der Waals surface area contributed by atoms with E-state index in [1.807, 2.05) is 30.8 Å². The highest BCUT2D eigenvalue weighted by Gasteiger charge is 2.31. The Morgan fingerprint density at radius 3 is 2.81 bits per heavy atom. The lowest BCUT2D eigenvalue weighted by molar-refractivity contribution is -0.144. The molecule has 0 spiro atoms. The minimum Gasteiger partial charge on any atom is -0.480 e. The summed E-state index contributed by atoms with van der Waals surface area (Å²) < 4.78 is 1.09. The Kier molecular flexibility index (Phi) is 8.37. The third-order valence-electron chi connectivity index (χ3n) is 3.37. The molecule has 0 aliphatic carbocycles. The third-order valence-corrected chi connectivity index (χ3v) is 4.95. The van der Waals surface area contributed by atoms with Gasteiger partial charge in [0.25, 0.3) is 0 Å². The SMILES string of the molecule is CCCNC(C)(CCCCSc1cccc(Br)c1)C(=O)O. The number of carboxylic acid groups (broad SMARTS) is 1. The van der Waals surface area contributed by atoms with Gasteiger partial charge in [0.1, 0.15) is 5.54 Å². The molecule has 0 aliphatic heterocycles. The minimum atomic E-state index is -0.795. The van der Waals surface area contributed by atoms with Crippen molar-refractivity contribution in [2.24, 2.45) is 0 Å². The average molecular weight is 374 g/mol. The number of nitrogens with one attached hydrogen (secondary N) is 1. The van der Waals surface area contributed by atoms with Crippen molar-refractivity contribution < 1.29 is 9.90 Å². The van der Waals surface area contributed by atoms with E-state index in [1.165, 1.54) is 4.90 Å². The number of unbranched alkanes of at least 4 members (excludes halogenated alkanes) is 1. The maximum Gasteiger partial charge on any atom is 0.323 e. The fraction of sp³-hybridized carbons (Fsp3) is 0.562. The van der Waals surface area contributed by atoms with Crippen LogP contribution in [0.25, 0.3) is 0 Å². The summed E-state index contributed by atoms with van der Waals surface area (Å²) in [6.45, 7) is 4.58. The van der Waals surface area contributed by atoms with Crippen LogP contribution in [0.2, 0.25) is 0 Å². The zero-order valence-electron chi connectivity index (χ0n) is 12.7. The number of thioether (sulfide) groups is 1. The first kappa shape index (κ1) is 18.5. The van der Waals surface area contributed by atoms with Crippen LogP contribution in [0.4, 0.5) is 0 Å². The van der Waals surface area contributed by atoms with Gasteiger partial charge in [0.05, 0.1) is 0 Å². The zero-order valence-corrected chi connectivity index (χ0v) is 15.1. The predicted molar refractivity (Wildman–Crippen MR) is 93.1 cm³/mol. The smallest absolute Gasteiger partial charge is 0.323 e. The topological polar surface area (TPSA) is 49.3 Å². The van der Waals surface area contributed by atoms with Gasteiger partial charge in [0.15, 0.2) is 0 Å². The van der Waals surface area contributed by atoms with Crippen molar-refractivity contribution in [3.05, 3.63) is 28.7 Å². The fourth-order valence-corrected chi connectivity index (χ4v) is 3.52. The number of aliphatic carboxylic acids is 1. The van der Waals surface area contributed by atoms with E-state index in [-0.39, 0.29) is 0 Å². The van der Waals surface area contributed by atoms with Crippen molar-refractivity contribution in [2.45, 2.75) is 50.0 Å². The van der Waals surface area contributed by atoms with Crippen LogP contribution in [0.3, 0.4) is 0 Å². The van der Waals surface area contributed by atoms with Crippen LogP contribution in [-0.2, 0) is 4.79 Å². The van der Waals surface area contributed by atoms with Gasteiger partial charge in [-0.15, -0.1) is 11.8 Å². The number of hydrogen-bond donors (Lipinski definition) is 2. The van der Waals surface area contributed by atoms with Crippen molar-refractivity contribution in [2.75, 3.05) is 12.3 Å². The summed E-state index contributed by atoms with van der Waals surface area (Å²) in [6.07, 6.45) is 3.55. The van der Waals surface area contributed by atoms with Crippen LogP contribution >= 0.6 is 27.7 Å². The molecule has 1 rings (SSSR count). The number of carboxylic acids is 1. The summed E-state index contributed by atoms with van der Waals surface area (Å²) in [5.41, 5.74) is -0.795. The molecule has 2 N–H and O–H groups in total. The number of halogens is 1. The van der Waals surface area contributed by atoms with Crippen molar-refractivity contribution in [3.8, 4) is 0 Å². The minimum absolute atomic E-state index is 0.668. The summed E-state index contributed by atoms with van der Waals surface area (Å²) >= 11 is 5.28. The van der Waals surface area contributed by atoms with Gasteiger partial charge in [-0.3, -0.25) is 4.79 Å². The van der Waals surface area contributed by atoms with Crippen molar-refractivity contribution in [1.82, 2.24) is 5.32 Å². The van der Waals surface area contributed by atoms with Gasteiger partial charge in [-0.25, -0.2) is 0 Å². The van der Waals surface area contributed by atoms with E-state index >= 15 is 0 Å². The molecule has 0 fully saturated rings. The summed E-state index contributed by atoms with van der Waals surface area (Å²) in [4.78, 5) is 12.6. The van der Waals surface area contributed by atoms with Crippen LogP contribution in [0.1, 0.15) is 39.5 Å². The first-order valence-corrected chi connectivity index (χ1v) is 9.12. The average Bonchev–Trinajstić information content (AvgIpc) is 2.44. The Bertz CT molecular complexity index is 456. The summed E-state index contributed by atoms with van der Waals surface area (Å²) in [5, 5.41) is 12.5. The van der Waals surface area contributed by atoms with Gasteiger partial charge in [0, 0.05) is 9.37 Å². The van der Waals surface area contributed by atoms with E-state index < -0.39 is 11.5 Å². The third kappa shape index (κ3) is 6.85. The van der Waals surface area contributed by atoms with Gasteiger partial charge < -0.3 is 10.4 Å². The lowest BCUT2D eigenvalue weighted by atomic mass is 9.95. The predicted octanol–water partition coefficient (Wildman–Crippen LogP) is 4.55. The van der Waals surface area contributed by atoms with Gasteiger partial charge in [-0.2, -0.15) is 0 Å². The molecule has 1 unspecified atom stereocenters. The molecule has 0 heterocycles. The summed E-state index contributed by atoms with van der Waals surface area (Å²) in [7, 11) is 0. The van der Waals surface area contributed by atoms with Crippen molar-refractivity contribution >= 4 is 33.7 Å². The number of hydrogen-bond acceptors (Lipinski definition) is 3. The molecule has 1 aromatic rings. The van der Waals surface area contributed by atoms with E-state index in [1.54, 1.807) is 6.92 Å². The molecular formula is C16H24BrNO2S. The molecule has 3 nitrogen and oxygen atoms in total. The second-order valence-corrected chi connectivity index (χ2v) is 7.41. The molecule has 0 saturated carbocycles. The highest BCUT2D eigenvalue weighted by atomic mass is 79.9. The Labute approximate surface area is 140 Å². The lowest BCUT2D eigenvalue weighted by Crippen LogP contribution is -2.49. The molecule has 118 valence electrons. The maximum absolute atomic E-state index is 11.4. The van der Waals surface area contributed by atoms with Gasteiger partial charge in [-0.1, -0.05) is 35.3 Å². The second kappa shape index (κ2) is 9.49. The van der Waals surface area contributed by atoms with Crippen LogP contribution < -0.4 is 5.32 Å². The standard InChI is InChI=1S/C16H24BrNO2S/c1-3-10-18-16(2,15(19)20)9-4-5-11-21-14-8-6-7-13(17)12-14/h6-8,12,18H,3-5,9-11H2,1-2H3,(H,19,20). The monoisotopic (exact) mass is 373 g/mol. The normalized spacial score (nSPS) is 13.9. The van der Waals surface area contributed by atoms with Crippen LogP contribution in [0.15, 0.2) is 33.6 Å². The fourth-order valence-electron chi connectivity index (χ4n) is 2.00. The number of carbonyl (C=O) groups is 1. The molecule has 5 heteroatoms. The highest BCUT2D eigenvalue weighted by Crippen LogP contribution is 2.24. The van der Waals surface area contributed by atoms with E-state index in [4.69, 9.17) is 0 Å². The number of benzene rings is 1. The zero-order chi connectivity index (χ0) is 15.7. The molecule has 0 radical (unpaired) electrons. The van der Waals surface area contributed by atoms with E-state index in [0.717, 1.165) is 36.0 Å². The van der Waals surface area contributed by atoms with Crippen molar-refractivity contribution in [3.63, 3.8) is 0 Å². The molecule has 0 saturated heterocycles. The molecule has 1 atom stereocenters. The van der Waals surface area contributed by atoms with Crippen LogP contribution in [0.5, 0.6) is 0 Å². The van der Waals surface area contributed by atoms with Gasteiger partial charge in [0.2, 0.25) is 0 Å². The lowest BCUT2D eigenvalue weighted by Gasteiger charge is -2.26. The molecule has 0 amide bonds. The largest absolute Gasteiger partial charge is 0.480 e. The quantitative estimate of drug-likeness (QED) is 0.466. The van der Waals surface area contributed by atoms with Gasteiger partial charge in [-0.05, 0) is 56.7 Å². The Hall–Kier alpha value is -0.520.